The summed E-state index contributed by atoms with van der Waals surface area (Å²) >= 11 is 0. The first-order chi connectivity index (χ1) is 25.8. The van der Waals surface area contributed by atoms with Crippen molar-refractivity contribution in [1.29, 1.82) is 0 Å². The molecule has 0 heterocycles. The fourth-order valence-corrected chi connectivity index (χ4v) is 6.14. The summed E-state index contributed by atoms with van der Waals surface area (Å²) < 4.78 is 44.0. The Morgan fingerprint density at radius 3 is 0.741 bits per heavy atom. The Balaban J connectivity index is 2.98. The first-order valence-corrected chi connectivity index (χ1v) is 21.1. The van der Waals surface area contributed by atoms with Gasteiger partial charge in [-0.15, -0.1) is 0 Å². The van der Waals surface area contributed by atoms with Crippen LogP contribution < -0.4 is 0 Å². The molecule has 12 heteroatoms. The molecule has 0 aromatic heterocycles. The predicted molar refractivity (Wildman–Crippen MR) is 207 cm³/mol. The van der Waals surface area contributed by atoms with E-state index in [1.165, 1.54) is 0 Å². The molecule has 0 aromatic rings. The van der Waals surface area contributed by atoms with Crippen LogP contribution in [0.1, 0.15) is 171 Å². The maximum atomic E-state index is 12.8. The molecule has 0 saturated heterocycles. The summed E-state index contributed by atoms with van der Waals surface area (Å²) in [5.41, 5.74) is 0. The molecule has 1 fully saturated rings. The van der Waals surface area contributed by atoms with Crippen LogP contribution in [0.4, 0.5) is 19.2 Å². The van der Waals surface area contributed by atoms with Gasteiger partial charge in [-0.3, -0.25) is 0 Å². The number of carbonyl (C=O) groups excluding carboxylic acids is 4. The largest absolute Gasteiger partial charge is 0.508 e. The monoisotopic (exact) mass is 773 g/mol. The fourth-order valence-electron chi connectivity index (χ4n) is 6.14. The van der Waals surface area contributed by atoms with Crippen LogP contribution in [0.3, 0.4) is 0 Å². The SMILES string of the molecule is CC(C)CCCCCOC(=O)OC1CC(OC(=O)OCCCCCC(C)C)C(OC(=O)OCCCCCC(C)C)CC1OC(=O)OCCCCCC(C)C. The number of rotatable bonds is 28. The maximum absolute atomic E-state index is 12.8. The summed E-state index contributed by atoms with van der Waals surface area (Å²) in [6.07, 6.45) is 6.51. The lowest BCUT2D eigenvalue weighted by atomic mass is 9.89. The molecule has 0 aromatic carbocycles. The van der Waals surface area contributed by atoms with Crippen molar-refractivity contribution in [2.75, 3.05) is 26.4 Å². The van der Waals surface area contributed by atoms with Gasteiger partial charge in [-0.25, -0.2) is 19.2 Å². The van der Waals surface area contributed by atoms with E-state index in [1.807, 2.05) is 0 Å². The van der Waals surface area contributed by atoms with E-state index in [0.717, 1.165) is 77.0 Å². The molecule has 1 aliphatic rings. The molecule has 1 aliphatic carbocycles. The van der Waals surface area contributed by atoms with Gasteiger partial charge in [0.25, 0.3) is 0 Å². The van der Waals surface area contributed by atoms with E-state index in [0.29, 0.717) is 49.4 Å². The van der Waals surface area contributed by atoms with E-state index in [2.05, 4.69) is 55.4 Å². The lowest BCUT2D eigenvalue weighted by Gasteiger charge is -2.38. The average molecular weight is 773 g/mol. The highest BCUT2D eigenvalue weighted by atomic mass is 16.8. The Bertz CT molecular complexity index is 844. The highest BCUT2D eigenvalue weighted by Gasteiger charge is 2.46. The minimum Gasteiger partial charge on any atom is -0.434 e. The van der Waals surface area contributed by atoms with Gasteiger partial charge in [0.05, 0.1) is 26.4 Å². The van der Waals surface area contributed by atoms with Crippen LogP contribution in [0.2, 0.25) is 0 Å². The third kappa shape index (κ3) is 26.8. The molecule has 1 rings (SSSR count). The Kier molecular flexibility index (Phi) is 27.6. The van der Waals surface area contributed by atoms with Crippen LogP contribution in [-0.4, -0.2) is 75.5 Å². The van der Waals surface area contributed by atoms with Crippen LogP contribution >= 0.6 is 0 Å². The molecule has 12 nitrogen and oxygen atoms in total. The van der Waals surface area contributed by atoms with Gasteiger partial charge in [-0.2, -0.15) is 0 Å². The van der Waals surface area contributed by atoms with E-state index in [1.54, 1.807) is 0 Å². The molecule has 0 radical (unpaired) electrons. The molecule has 1 saturated carbocycles. The maximum Gasteiger partial charge on any atom is 0.508 e. The zero-order valence-electron chi connectivity index (χ0n) is 35.1. The summed E-state index contributed by atoms with van der Waals surface area (Å²) in [7, 11) is 0. The van der Waals surface area contributed by atoms with E-state index in [-0.39, 0.29) is 39.3 Å². The lowest BCUT2D eigenvalue weighted by molar-refractivity contribution is -0.142. The van der Waals surface area contributed by atoms with Crippen molar-refractivity contribution >= 4 is 24.6 Å². The molecular weight excluding hydrogens is 696 g/mol. The third-order valence-corrected chi connectivity index (χ3v) is 9.33. The van der Waals surface area contributed by atoms with Crippen LogP contribution in [0.5, 0.6) is 0 Å². The summed E-state index contributed by atoms with van der Waals surface area (Å²) in [5, 5.41) is 0. The van der Waals surface area contributed by atoms with Gasteiger partial charge in [-0.05, 0) is 49.4 Å². The molecule has 0 spiro atoms. The molecule has 54 heavy (non-hydrogen) atoms. The molecule has 0 bridgehead atoms. The van der Waals surface area contributed by atoms with E-state index in [4.69, 9.17) is 37.9 Å². The molecule has 0 aliphatic heterocycles. The van der Waals surface area contributed by atoms with Crippen LogP contribution in [0.25, 0.3) is 0 Å². The molecule has 316 valence electrons. The lowest BCUT2D eigenvalue weighted by Crippen LogP contribution is -2.51. The molecular formula is C42H76O12. The number of ether oxygens (including phenoxy) is 8. The summed E-state index contributed by atoms with van der Waals surface area (Å²) in [6.45, 7) is 18.0. The molecule has 4 atom stereocenters. The quantitative estimate of drug-likeness (QED) is 0.0424. The van der Waals surface area contributed by atoms with Crippen molar-refractivity contribution in [3.63, 3.8) is 0 Å². The Morgan fingerprint density at radius 1 is 0.352 bits per heavy atom. The van der Waals surface area contributed by atoms with Gasteiger partial charge in [-0.1, -0.05) is 132 Å². The topological polar surface area (TPSA) is 142 Å². The smallest absolute Gasteiger partial charge is 0.434 e. The van der Waals surface area contributed by atoms with E-state index >= 15 is 0 Å². The molecule has 4 unspecified atom stereocenters. The van der Waals surface area contributed by atoms with Gasteiger partial charge in [0, 0.05) is 12.8 Å². The minimum absolute atomic E-state index is 0.146. The van der Waals surface area contributed by atoms with E-state index in [9.17, 15) is 19.2 Å². The van der Waals surface area contributed by atoms with Crippen molar-refractivity contribution in [2.24, 2.45) is 23.7 Å². The van der Waals surface area contributed by atoms with Crippen LogP contribution in [0, 0.1) is 23.7 Å². The number of unbranched alkanes of at least 4 members (excludes halogenated alkanes) is 8. The molecule has 0 amide bonds. The Hall–Kier alpha value is -2.92. The standard InChI is InChI=1S/C42H76O12/c1-31(2)21-13-9-17-25-47-39(43)51-35-29-37(53-41(45)49-27-19-11-15-23-33(5)6)38(54-42(46)50-28-20-12-16-24-34(7)8)30-36(35)52-40(44)48-26-18-10-14-22-32(3)4/h31-38H,9-30H2,1-8H3. The number of carbonyl (C=O) groups is 4. The normalized spacial score (nSPS) is 18.4. The zero-order chi connectivity index (χ0) is 40.1. The molecule has 0 N–H and O–H groups in total. The summed E-state index contributed by atoms with van der Waals surface area (Å²) in [4.78, 5) is 51.4. The van der Waals surface area contributed by atoms with Gasteiger partial charge in [0.1, 0.15) is 24.4 Å². The summed E-state index contributed by atoms with van der Waals surface area (Å²) in [6, 6.07) is 0. The second kappa shape index (κ2) is 30.3. The van der Waals surface area contributed by atoms with E-state index < -0.39 is 49.0 Å². The van der Waals surface area contributed by atoms with Crippen molar-refractivity contribution < 1.29 is 57.1 Å². The third-order valence-electron chi connectivity index (χ3n) is 9.33. The van der Waals surface area contributed by atoms with Gasteiger partial charge in [0.15, 0.2) is 0 Å². The highest BCUT2D eigenvalue weighted by Crippen LogP contribution is 2.31. The average Bonchev–Trinajstić information content (AvgIpc) is 3.08. The minimum atomic E-state index is -1.08. The zero-order valence-corrected chi connectivity index (χ0v) is 35.1. The fraction of sp³-hybridized carbons (Fsp3) is 0.905. The highest BCUT2D eigenvalue weighted by molar-refractivity contribution is 5.63. The van der Waals surface area contributed by atoms with Crippen LogP contribution in [-0.2, 0) is 37.9 Å². The first-order valence-electron chi connectivity index (χ1n) is 21.1. The second-order valence-corrected chi connectivity index (χ2v) is 16.5. The number of hydrogen-bond acceptors (Lipinski definition) is 12. The van der Waals surface area contributed by atoms with Gasteiger partial charge >= 0.3 is 24.6 Å². The van der Waals surface area contributed by atoms with Crippen molar-refractivity contribution in [3.8, 4) is 0 Å². The summed E-state index contributed by atoms with van der Waals surface area (Å²) in [5.74, 6) is 2.42. The van der Waals surface area contributed by atoms with Crippen molar-refractivity contribution in [2.45, 2.75) is 195 Å². The van der Waals surface area contributed by atoms with Gasteiger partial charge < -0.3 is 37.9 Å². The Morgan fingerprint density at radius 2 is 0.556 bits per heavy atom. The second-order valence-electron chi connectivity index (χ2n) is 16.5. The van der Waals surface area contributed by atoms with Crippen molar-refractivity contribution in [3.05, 3.63) is 0 Å². The van der Waals surface area contributed by atoms with Crippen molar-refractivity contribution in [1.82, 2.24) is 0 Å². The first kappa shape index (κ1) is 49.1. The predicted octanol–water partition coefficient (Wildman–Crippen LogP) is 11.7. The number of hydrogen-bond donors (Lipinski definition) is 0. The van der Waals surface area contributed by atoms with Crippen LogP contribution in [0.15, 0.2) is 0 Å². The Labute approximate surface area is 326 Å². The van der Waals surface area contributed by atoms with Gasteiger partial charge in [0.2, 0.25) is 0 Å².